The van der Waals surface area contributed by atoms with E-state index in [1.54, 1.807) is 13.0 Å². The minimum Gasteiger partial charge on any atom is -0.467 e. The van der Waals surface area contributed by atoms with Gasteiger partial charge in [-0.1, -0.05) is 6.92 Å². The summed E-state index contributed by atoms with van der Waals surface area (Å²) in [5.41, 5.74) is 0.558. The van der Waals surface area contributed by atoms with Crippen molar-refractivity contribution in [2.24, 2.45) is 0 Å². The van der Waals surface area contributed by atoms with E-state index in [0.29, 0.717) is 5.69 Å². The molecule has 0 radical (unpaired) electrons. The number of hydrogen-bond acceptors (Lipinski definition) is 3. The number of hydrogen-bond donors (Lipinski definition) is 1. The predicted octanol–water partition coefficient (Wildman–Crippen LogP) is 1.19. The van der Waals surface area contributed by atoms with Gasteiger partial charge in [0.2, 0.25) is 0 Å². The van der Waals surface area contributed by atoms with Gasteiger partial charge in [0.05, 0.1) is 7.11 Å². The van der Waals surface area contributed by atoms with Crippen LogP contribution in [0.3, 0.4) is 0 Å². The lowest BCUT2D eigenvalue weighted by Gasteiger charge is -2.13. The normalized spacial score (nSPS) is 11.9. The molecule has 1 aromatic heterocycles. The molecule has 1 aromatic rings. The molecule has 1 heterocycles. The molecule has 0 aliphatic carbocycles. The number of carbonyl (C=O) groups is 2. The Bertz CT molecular complexity index is 398. The molecule has 1 rings (SSSR count). The van der Waals surface area contributed by atoms with Gasteiger partial charge >= 0.3 is 5.97 Å². The summed E-state index contributed by atoms with van der Waals surface area (Å²) in [6.07, 6.45) is 2.79. The number of aryl methyl sites for hydroxylation is 1. The maximum absolute atomic E-state index is 11.9. The van der Waals surface area contributed by atoms with Crippen molar-refractivity contribution in [1.29, 1.82) is 0 Å². The molecule has 1 amide bonds. The van der Waals surface area contributed by atoms with Crippen LogP contribution in [0.2, 0.25) is 0 Å². The highest BCUT2D eigenvalue weighted by atomic mass is 16.5. The van der Waals surface area contributed by atoms with Crippen LogP contribution in [0.4, 0.5) is 0 Å². The van der Waals surface area contributed by atoms with Gasteiger partial charge in [0.15, 0.2) is 0 Å². The number of methoxy groups -OCH3 is 1. The molecule has 94 valence electrons. The molecule has 5 nitrogen and oxygen atoms in total. The molecule has 17 heavy (non-hydrogen) atoms. The van der Waals surface area contributed by atoms with Gasteiger partial charge in [-0.05, 0) is 25.5 Å². The number of carbonyl (C=O) groups excluding carboxylic acids is 2. The van der Waals surface area contributed by atoms with Crippen molar-refractivity contribution in [1.82, 2.24) is 9.88 Å². The van der Waals surface area contributed by atoms with E-state index in [-0.39, 0.29) is 5.91 Å². The smallest absolute Gasteiger partial charge is 0.328 e. The van der Waals surface area contributed by atoms with Crippen LogP contribution in [-0.2, 0) is 16.1 Å². The van der Waals surface area contributed by atoms with Crippen molar-refractivity contribution >= 4 is 11.9 Å². The Morgan fingerprint density at radius 2 is 2.24 bits per heavy atom. The SMILES string of the molecule is CCCn1cccc1C(=O)NC(C)C(=O)OC. The van der Waals surface area contributed by atoms with E-state index in [1.165, 1.54) is 7.11 Å². The Labute approximate surface area is 101 Å². The summed E-state index contributed by atoms with van der Waals surface area (Å²) in [5, 5.41) is 2.60. The Kier molecular flexibility index (Phi) is 4.75. The van der Waals surface area contributed by atoms with Crippen molar-refractivity contribution in [2.75, 3.05) is 7.11 Å². The van der Waals surface area contributed by atoms with E-state index >= 15 is 0 Å². The molecular weight excluding hydrogens is 220 g/mol. The summed E-state index contributed by atoms with van der Waals surface area (Å²) >= 11 is 0. The van der Waals surface area contributed by atoms with E-state index in [0.717, 1.165) is 13.0 Å². The third kappa shape index (κ3) is 3.34. The lowest BCUT2D eigenvalue weighted by Crippen LogP contribution is -2.39. The molecule has 0 bridgehead atoms. The lowest BCUT2D eigenvalue weighted by atomic mass is 10.3. The van der Waals surface area contributed by atoms with Crippen LogP contribution >= 0.6 is 0 Å². The monoisotopic (exact) mass is 238 g/mol. The van der Waals surface area contributed by atoms with Crippen LogP contribution in [0.25, 0.3) is 0 Å². The molecular formula is C12H18N2O3. The van der Waals surface area contributed by atoms with Crippen LogP contribution in [0, 0.1) is 0 Å². The molecule has 0 spiro atoms. The van der Waals surface area contributed by atoms with Gasteiger partial charge in [0.1, 0.15) is 11.7 Å². The Morgan fingerprint density at radius 1 is 1.53 bits per heavy atom. The number of amides is 1. The van der Waals surface area contributed by atoms with Crippen molar-refractivity contribution in [3.8, 4) is 0 Å². The van der Waals surface area contributed by atoms with Gasteiger partial charge in [0.25, 0.3) is 5.91 Å². The zero-order valence-electron chi connectivity index (χ0n) is 10.4. The largest absolute Gasteiger partial charge is 0.467 e. The topological polar surface area (TPSA) is 60.3 Å². The highest BCUT2D eigenvalue weighted by molar-refractivity contribution is 5.95. The van der Waals surface area contributed by atoms with Crippen molar-refractivity contribution in [3.63, 3.8) is 0 Å². The highest BCUT2D eigenvalue weighted by Gasteiger charge is 2.18. The fraction of sp³-hybridized carbons (Fsp3) is 0.500. The minimum atomic E-state index is -0.641. The third-order valence-electron chi connectivity index (χ3n) is 2.43. The van der Waals surface area contributed by atoms with E-state index in [1.807, 2.05) is 23.8 Å². The van der Waals surface area contributed by atoms with E-state index in [9.17, 15) is 9.59 Å². The summed E-state index contributed by atoms with van der Waals surface area (Å²) in [6, 6.07) is 2.90. The van der Waals surface area contributed by atoms with Crippen molar-refractivity contribution in [3.05, 3.63) is 24.0 Å². The molecule has 0 saturated carbocycles. The third-order valence-corrected chi connectivity index (χ3v) is 2.43. The minimum absolute atomic E-state index is 0.263. The number of aromatic nitrogens is 1. The second-order valence-electron chi connectivity index (χ2n) is 3.81. The summed E-state index contributed by atoms with van der Waals surface area (Å²) in [4.78, 5) is 23.1. The van der Waals surface area contributed by atoms with Crippen LogP contribution in [-0.4, -0.2) is 29.6 Å². The standard InChI is InChI=1S/C12H18N2O3/c1-4-7-14-8-5-6-10(14)11(15)13-9(2)12(16)17-3/h5-6,8-9H,4,7H2,1-3H3,(H,13,15). The molecule has 0 aromatic carbocycles. The summed E-state index contributed by atoms with van der Waals surface area (Å²) < 4.78 is 6.41. The van der Waals surface area contributed by atoms with Crippen LogP contribution in [0.1, 0.15) is 30.8 Å². The van der Waals surface area contributed by atoms with Gasteiger partial charge in [0, 0.05) is 12.7 Å². The highest BCUT2D eigenvalue weighted by Crippen LogP contribution is 2.04. The number of nitrogens with one attached hydrogen (secondary N) is 1. The number of ether oxygens (including phenoxy) is 1. The van der Waals surface area contributed by atoms with Crippen LogP contribution < -0.4 is 5.32 Å². The Hall–Kier alpha value is -1.78. The Balaban J connectivity index is 2.69. The Morgan fingerprint density at radius 3 is 2.82 bits per heavy atom. The van der Waals surface area contributed by atoms with E-state index < -0.39 is 12.0 Å². The first-order chi connectivity index (χ1) is 8.10. The average molecular weight is 238 g/mol. The van der Waals surface area contributed by atoms with E-state index in [4.69, 9.17) is 0 Å². The van der Waals surface area contributed by atoms with Gasteiger partial charge in [-0.2, -0.15) is 0 Å². The summed E-state index contributed by atoms with van der Waals surface area (Å²) in [5.74, 6) is -0.715. The average Bonchev–Trinajstić information content (AvgIpc) is 2.76. The lowest BCUT2D eigenvalue weighted by molar-refractivity contribution is -0.142. The summed E-state index contributed by atoms with van der Waals surface area (Å²) in [7, 11) is 1.30. The molecule has 5 heteroatoms. The first-order valence-corrected chi connectivity index (χ1v) is 5.64. The number of rotatable bonds is 5. The zero-order valence-corrected chi connectivity index (χ0v) is 10.4. The molecule has 1 unspecified atom stereocenters. The maximum atomic E-state index is 11.9. The van der Waals surface area contributed by atoms with E-state index in [2.05, 4.69) is 10.1 Å². The number of esters is 1. The first kappa shape index (κ1) is 13.3. The van der Waals surface area contributed by atoms with Gasteiger partial charge in [-0.15, -0.1) is 0 Å². The number of nitrogens with zero attached hydrogens (tertiary/aromatic N) is 1. The van der Waals surface area contributed by atoms with Crippen molar-refractivity contribution in [2.45, 2.75) is 32.9 Å². The molecule has 0 aliphatic rings. The maximum Gasteiger partial charge on any atom is 0.328 e. The quantitative estimate of drug-likeness (QED) is 0.784. The van der Waals surface area contributed by atoms with Gasteiger partial charge in [-0.25, -0.2) is 4.79 Å². The van der Waals surface area contributed by atoms with Crippen molar-refractivity contribution < 1.29 is 14.3 Å². The zero-order chi connectivity index (χ0) is 12.8. The van der Waals surface area contributed by atoms with Gasteiger partial charge < -0.3 is 14.6 Å². The fourth-order valence-electron chi connectivity index (χ4n) is 1.56. The first-order valence-electron chi connectivity index (χ1n) is 5.64. The molecule has 0 saturated heterocycles. The molecule has 0 fully saturated rings. The predicted molar refractivity (Wildman–Crippen MR) is 63.7 cm³/mol. The van der Waals surface area contributed by atoms with Crippen LogP contribution in [0.5, 0.6) is 0 Å². The molecule has 0 aliphatic heterocycles. The van der Waals surface area contributed by atoms with Crippen LogP contribution in [0.15, 0.2) is 18.3 Å². The summed E-state index contributed by atoms with van der Waals surface area (Å²) in [6.45, 7) is 4.41. The second-order valence-corrected chi connectivity index (χ2v) is 3.81. The second kappa shape index (κ2) is 6.08. The molecule has 1 atom stereocenters. The van der Waals surface area contributed by atoms with Gasteiger partial charge in [-0.3, -0.25) is 4.79 Å². The fourth-order valence-corrected chi connectivity index (χ4v) is 1.56. The molecule has 1 N–H and O–H groups in total.